The van der Waals surface area contributed by atoms with Gasteiger partial charge in [0.15, 0.2) is 5.58 Å². The predicted molar refractivity (Wildman–Crippen MR) is 95.8 cm³/mol. The number of halogens is 2. The van der Waals surface area contributed by atoms with Gasteiger partial charge in [0.05, 0.1) is 5.92 Å². The van der Waals surface area contributed by atoms with Gasteiger partial charge in [-0.15, -0.1) is 0 Å². The molecule has 1 atom stereocenters. The number of rotatable bonds is 3. The second kappa shape index (κ2) is 6.17. The zero-order valence-corrected chi connectivity index (χ0v) is 14.4. The van der Waals surface area contributed by atoms with Gasteiger partial charge in [0.1, 0.15) is 5.52 Å². The molecule has 1 saturated heterocycles. The SMILES string of the molecule is O=C(Cl)C1CC(=O)N(c2cccc(-c3nc4cc(Cl)ccc4o3)c2)C1. The summed E-state index contributed by atoms with van der Waals surface area (Å²) in [5.74, 6) is -0.152. The fourth-order valence-electron chi connectivity index (χ4n) is 2.94. The van der Waals surface area contributed by atoms with Crippen molar-refractivity contribution in [3.8, 4) is 11.5 Å². The van der Waals surface area contributed by atoms with Crippen molar-refractivity contribution in [1.82, 2.24) is 4.98 Å². The summed E-state index contributed by atoms with van der Waals surface area (Å²) in [5.41, 5.74) is 2.72. The van der Waals surface area contributed by atoms with Crippen molar-refractivity contribution in [3.05, 3.63) is 47.5 Å². The molecule has 0 aliphatic carbocycles. The number of hydrogen-bond donors (Lipinski definition) is 0. The molecule has 0 radical (unpaired) electrons. The van der Waals surface area contributed by atoms with Crippen LogP contribution in [0.2, 0.25) is 5.02 Å². The summed E-state index contributed by atoms with van der Waals surface area (Å²) in [6, 6.07) is 12.5. The molecule has 3 aromatic rings. The molecule has 5 nitrogen and oxygen atoms in total. The minimum absolute atomic E-state index is 0.125. The molecule has 1 amide bonds. The molecule has 7 heteroatoms. The van der Waals surface area contributed by atoms with E-state index >= 15 is 0 Å². The third kappa shape index (κ3) is 3.01. The number of fused-ring (bicyclic) bond motifs is 1. The molecule has 0 saturated carbocycles. The van der Waals surface area contributed by atoms with Crippen LogP contribution in [0, 0.1) is 5.92 Å². The third-order valence-electron chi connectivity index (χ3n) is 4.20. The Bertz CT molecular complexity index is 999. The molecule has 126 valence electrons. The van der Waals surface area contributed by atoms with Gasteiger partial charge in [-0.2, -0.15) is 0 Å². The first-order valence-corrected chi connectivity index (χ1v) is 8.43. The molecular formula is C18H12Cl2N2O3. The lowest BCUT2D eigenvalue weighted by Crippen LogP contribution is -2.25. The van der Waals surface area contributed by atoms with Gasteiger partial charge in [-0.25, -0.2) is 4.98 Å². The Morgan fingerprint density at radius 3 is 2.84 bits per heavy atom. The summed E-state index contributed by atoms with van der Waals surface area (Å²) in [5, 5.41) is 0.100. The van der Waals surface area contributed by atoms with E-state index in [0.29, 0.717) is 27.7 Å². The first kappa shape index (κ1) is 16.1. The molecule has 1 fully saturated rings. The van der Waals surface area contributed by atoms with Crippen LogP contribution in [0.25, 0.3) is 22.6 Å². The first-order valence-electron chi connectivity index (χ1n) is 7.67. The Morgan fingerprint density at radius 1 is 1.24 bits per heavy atom. The smallest absolute Gasteiger partial charge is 0.227 e. The van der Waals surface area contributed by atoms with Gasteiger partial charge in [-0.3, -0.25) is 9.59 Å². The molecule has 0 spiro atoms. The van der Waals surface area contributed by atoms with E-state index in [1.165, 1.54) is 0 Å². The number of oxazole rings is 1. The van der Waals surface area contributed by atoms with E-state index < -0.39 is 11.2 Å². The van der Waals surface area contributed by atoms with Crippen molar-refractivity contribution < 1.29 is 14.0 Å². The normalized spacial score (nSPS) is 17.4. The Hall–Kier alpha value is -2.37. The van der Waals surface area contributed by atoms with Crippen LogP contribution in [0.5, 0.6) is 0 Å². The quantitative estimate of drug-likeness (QED) is 0.642. The summed E-state index contributed by atoms with van der Waals surface area (Å²) in [7, 11) is 0. The van der Waals surface area contributed by atoms with Crippen LogP contribution in [0.1, 0.15) is 6.42 Å². The van der Waals surface area contributed by atoms with Crippen LogP contribution in [0.3, 0.4) is 0 Å². The largest absolute Gasteiger partial charge is 0.436 e. The van der Waals surface area contributed by atoms with Gasteiger partial charge in [0.25, 0.3) is 0 Å². The molecule has 25 heavy (non-hydrogen) atoms. The van der Waals surface area contributed by atoms with Gasteiger partial charge >= 0.3 is 0 Å². The fourth-order valence-corrected chi connectivity index (χ4v) is 3.25. The van der Waals surface area contributed by atoms with Gasteiger partial charge in [-0.05, 0) is 48.0 Å². The molecular weight excluding hydrogens is 363 g/mol. The van der Waals surface area contributed by atoms with Gasteiger partial charge in [0, 0.05) is 29.2 Å². The summed E-state index contributed by atoms with van der Waals surface area (Å²) < 4.78 is 5.76. The van der Waals surface area contributed by atoms with Crippen molar-refractivity contribution in [2.45, 2.75) is 6.42 Å². The zero-order valence-electron chi connectivity index (χ0n) is 12.9. The summed E-state index contributed by atoms with van der Waals surface area (Å²) >= 11 is 11.5. The number of benzene rings is 2. The van der Waals surface area contributed by atoms with Crippen LogP contribution < -0.4 is 4.90 Å². The Balaban J connectivity index is 1.69. The molecule has 2 heterocycles. The van der Waals surface area contributed by atoms with Crippen molar-refractivity contribution in [3.63, 3.8) is 0 Å². The molecule has 0 bridgehead atoms. The van der Waals surface area contributed by atoms with E-state index in [0.717, 1.165) is 5.56 Å². The summed E-state index contributed by atoms with van der Waals surface area (Å²) in [6.45, 7) is 0.286. The number of amides is 1. The van der Waals surface area contributed by atoms with Crippen LogP contribution in [-0.4, -0.2) is 22.7 Å². The predicted octanol–water partition coefficient (Wildman–Crippen LogP) is 4.27. The average molecular weight is 375 g/mol. The number of aromatic nitrogens is 1. The van der Waals surface area contributed by atoms with Crippen molar-refractivity contribution in [2.24, 2.45) is 5.92 Å². The van der Waals surface area contributed by atoms with Gasteiger partial charge in [0.2, 0.25) is 17.0 Å². The standard InChI is InChI=1S/C18H12Cl2N2O3/c19-12-4-5-15-14(8-12)21-18(25-15)10-2-1-3-13(6-10)22-9-11(17(20)24)7-16(22)23/h1-6,8,11H,7,9H2. The third-order valence-corrected chi connectivity index (χ3v) is 4.74. The highest BCUT2D eigenvalue weighted by Crippen LogP contribution is 2.31. The van der Waals surface area contributed by atoms with Crippen LogP contribution in [-0.2, 0) is 9.59 Å². The van der Waals surface area contributed by atoms with E-state index in [1.807, 2.05) is 24.3 Å². The van der Waals surface area contributed by atoms with E-state index in [1.54, 1.807) is 23.1 Å². The van der Waals surface area contributed by atoms with E-state index in [2.05, 4.69) is 4.98 Å². The number of carbonyl (C=O) groups is 2. The maximum atomic E-state index is 12.2. The molecule has 4 rings (SSSR count). The molecule has 1 unspecified atom stereocenters. The monoisotopic (exact) mass is 374 g/mol. The second-order valence-electron chi connectivity index (χ2n) is 5.89. The number of anilines is 1. The number of hydrogen-bond acceptors (Lipinski definition) is 4. The Kier molecular flexibility index (Phi) is 3.98. The Morgan fingerprint density at radius 2 is 2.08 bits per heavy atom. The highest BCUT2D eigenvalue weighted by atomic mass is 35.5. The van der Waals surface area contributed by atoms with E-state index in [-0.39, 0.29) is 18.9 Å². The molecule has 1 aliphatic rings. The minimum atomic E-state index is -0.483. The zero-order chi connectivity index (χ0) is 17.6. The van der Waals surface area contributed by atoms with Crippen molar-refractivity contribution >= 4 is 51.1 Å². The lowest BCUT2D eigenvalue weighted by molar-refractivity contribution is -0.120. The molecule has 1 aliphatic heterocycles. The minimum Gasteiger partial charge on any atom is -0.436 e. The Labute approximate surface area is 153 Å². The lowest BCUT2D eigenvalue weighted by Gasteiger charge is -2.16. The van der Waals surface area contributed by atoms with Crippen molar-refractivity contribution in [2.75, 3.05) is 11.4 Å². The summed E-state index contributed by atoms with van der Waals surface area (Å²) in [4.78, 5) is 29.5. The average Bonchev–Trinajstić information content (AvgIpc) is 3.18. The van der Waals surface area contributed by atoms with Crippen LogP contribution >= 0.6 is 23.2 Å². The van der Waals surface area contributed by atoms with E-state index in [9.17, 15) is 9.59 Å². The molecule has 1 aromatic heterocycles. The number of carbonyl (C=O) groups excluding carboxylic acids is 2. The van der Waals surface area contributed by atoms with Gasteiger partial charge < -0.3 is 9.32 Å². The maximum Gasteiger partial charge on any atom is 0.227 e. The van der Waals surface area contributed by atoms with Crippen LogP contribution in [0.15, 0.2) is 46.9 Å². The maximum absolute atomic E-state index is 12.2. The lowest BCUT2D eigenvalue weighted by atomic mass is 10.1. The fraction of sp³-hybridized carbons (Fsp3) is 0.167. The second-order valence-corrected chi connectivity index (χ2v) is 6.70. The first-order chi connectivity index (χ1) is 12.0. The summed E-state index contributed by atoms with van der Waals surface area (Å²) in [6.07, 6.45) is 0.133. The molecule has 0 N–H and O–H groups in total. The van der Waals surface area contributed by atoms with Crippen molar-refractivity contribution in [1.29, 1.82) is 0 Å². The number of nitrogens with zero attached hydrogens (tertiary/aromatic N) is 2. The topological polar surface area (TPSA) is 63.4 Å². The molecule has 2 aromatic carbocycles. The highest BCUT2D eigenvalue weighted by Gasteiger charge is 2.34. The highest BCUT2D eigenvalue weighted by molar-refractivity contribution is 6.64. The van der Waals surface area contributed by atoms with Gasteiger partial charge in [-0.1, -0.05) is 17.7 Å². The van der Waals surface area contributed by atoms with E-state index in [4.69, 9.17) is 27.6 Å². The van der Waals surface area contributed by atoms with Crippen LogP contribution in [0.4, 0.5) is 5.69 Å².